The zero-order valence-electron chi connectivity index (χ0n) is 24.3. The lowest BCUT2D eigenvalue weighted by Crippen LogP contribution is -2.63. The number of ketones is 1. The molecule has 5 rings (SSSR count). The number of esters is 1. The van der Waals surface area contributed by atoms with Crippen molar-refractivity contribution >= 4 is 24.3 Å². The first kappa shape index (κ1) is 29.3. The summed E-state index contributed by atoms with van der Waals surface area (Å²) in [6.45, 7) is 12.0. The predicted molar refractivity (Wildman–Crippen MR) is 148 cm³/mol. The van der Waals surface area contributed by atoms with Crippen molar-refractivity contribution in [2.24, 2.45) is 34.0 Å². The molecule has 0 saturated heterocycles. The fraction of sp³-hybridized carbons (Fsp3) is 0.677. The van der Waals surface area contributed by atoms with Crippen LogP contribution in [0.3, 0.4) is 0 Å². The number of hydrogen-bond donors (Lipinski definition) is 1. The number of hydrogen-bond acceptors (Lipinski definition) is 7. The fourth-order valence-electron chi connectivity index (χ4n) is 8.86. The third-order valence-electron chi connectivity index (χ3n) is 11.2. The molecule has 3 saturated carbocycles. The van der Waals surface area contributed by atoms with E-state index in [4.69, 9.17) is 18.9 Å². The van der Waals surface area contributed by atoms with Gasteiger partial charge in [0.1, 0.15) is 11.9 Å². The van der Waals surface area contributed by atoms with E-state index in [9.17, 15) is 14.6 Å². The van der Waals surface area contributed by atoms with Crippen LogP contribution in [0.15, 0.2) is 24.8 Å². The largest absolute Gasteiger partial charge is 0.494 e. The zero-order valence-corrected chi connectivity index (χ0v) is 24.3. The van der Waals surface area contributed by atoms with Crippen LogP contribution in [0.5, 0.6) is 5.75 Å². The Balaban J connectivity index is 1.47. The topological polar surface area (TPSA) is 91.3 Å². The molecule has 9 heteroatoms. The van der Waals surface area contributed by atoms with Gasteiger partial charge in [0.05, 0.1) is 12.7 Å². The number of allylic oxidation sites excluding steroid dienone is 1. The second kappa shape index (κ2) is 10.6. The molecular formula is C31H42BFO7. The third-order valence-corrected chi connectivity index (χ3v) is 11.2. The molecule has 8 atom stereocenters. The van der Waals surface area contributed by atoms with E-state index >= 15 is 4.39 Å². The van der Waals surface area contributed by atoms with Gasteiger partial charge < -0.3 is 23.9 Å². The van der Waals surface area contributed by atoms with Crippen LogP contribution in [0.2, 0.25) is 0 Å². The van der Waals surface area contributed by atoms with E-state index < -0.39 is 42.4 Å². The van der Waals surface area contributed by atoms with Gasteiger partial charge in [0.2, 0.25) is 0 Å². The molecule has 3 aliphatic carbocycles. The predicted octanol–water partition coefficient (Wildman–Crippen LogP) is 4.37. The first-order valence-corrected chi connectivity index (χ1v) is 14.5. The first-order valence-electron chi connectivity index (χ1n) is 14.5. The van der Waals surface area contributed by atoms with Crippen LogP contribution in [0.4, 0.5) is 4.39 Å². The first-order chi connectivity index (χ1) is 18.9. The summed E-state index contributed by atoms with van der Waals surface area (Å²) in [4.78, 5) is 27.6. The molecule has 1 aromatic carbocycles. The highest BCUT2D eigenvalue weighted by Crippen LogP contribution is 2.68. The lowest BCUT2D eigenvalue weighted by Gasteiger charge is -2.61. The summed E-state index contributed by atoms with van der Waals surface area (Å²) in [7, 11) is 0.374. The highest BCUT2D eigenvalue weighted by atomic mass is 19.1. The lowest BCUT2D eigenvalue weighted by atomic mass is 9.43. The number of benzene rings is 1. The van der Waals surface area contributed by atoms with Crippen LogP contribution < -0.4 is 10.2 Å². The Morgan fingerprint density at radius 2 is 2.00 bits per heavy atom. The number of ether oxygens (including phenoxy) is 3. The van der Waals surface area contributed by atoms with Crippen molar-refractivity contribution in [3.63, 3.8) is 0 Å². The molecular weight excluding hydrogens is 514 g/mol. The Labute approximate surface area is 236 Å². The number of halogens is 1. The molecule has 0 radical (unpaired) electrons. The number of Topliss-reactive ketones (excluding diaryl/α,β-unsaturated/α-hetero) is 1. The van der Waals surface area contributed by atoms with Crippen molar-refractivity contribution in [3.8, 4) is 5.75 Å². The number of methoxy groups -OCH3 is 1. The van der Waals surface area contributed by atoms with Crippen molar-refractivity contribution in [1.82, 2.24) is 0 Å². The smallest absolute Gasteiger partial charge is 0.479 e. The molecule has 218 valence electrons. The fourth-order valence-corrected chi connectivity index (χ4v) is 8.86. The van der Waals surface area contributed by atoms with Crippen molar-refractivity contribution in [3.05, 3.63) is 36.2 Å². The average molecular weight is 556 g/mol. The Kier molecular flexibility index (Phi) is 7.73. The molecule has 0 aromatic heterocycles. The maximum atomic E-state index is 15.0. The van der Waals surface area contributed by atoms with E-state index in [0.717, 1.165) is 25.7 Å². The monoisotopic (exact) mass is 556 g/mol. The third kappa shape index (κ3) is 4.35. The van der Waals surface area contributed by atoms with Crippen molar-refractivity contribution in [2.45, 2.75) is 85.0 Å². The molecule has 4 aliphatic rings. The van der Waals surface area contributed by atoms with Crippen LogP contribution in [0.25, 0.3) is 0 Å². The number of carbonyl (C=O) groups excluding carboxylic acids is 2. The summed E-state index contributed by atoms with van der Waals surface area (Å²) in [5, 5.41) is 9.96. The SMILES string of the molecule is C=CC[C@]1(C)C[C@@H](OC(=O)COc2ccc3c(c2F)B(O)OC3)[C@]2(C)[C@H](C)CC[C@]3(CC[C@@H](OC)[C@@H]32)[C@@H](C)C1=O. The van der Waals surface area contributed by atoms with Gasteiger partial charge in [-0.15, -0.1) is 6.58 Å². The molecule has 1 heterocycles. The Morgan fingerprint density at radius 3 is 2.70 bits per heavy atom. The second-order valence-electron chi connectivity index (χ2n) is 13.1. The molecule has 1 N–H and O–H groups in total. The van der Waals surface area contributed by atoms with E-state index in [0.29, 0.717) is 18.4 Å². The molecule has 1 aliphatic heterocycles. The Morgan fingerprint density at radius 1 is 1.27 bits per heavy atom. The number of carbonyl (C=O) groups is 2. The Hall–Kier alpha value is -2.23. The standard InChI is InChI=1S/C31H42BFO7/c1-7-12-29(4)15-23(40-24(34)17-38-21-9-8-20-16-39-32(36)25(20)26(21)33)30(5)18(2)10-13-31(19(3)28(29)35)14-11-22(37-6)27(30)31/h7-9,18-19,22-23,27,36H,1,10-17H2,2-6H3/t18-,19+,22-,23-,27-,29-,30+,31+/m1/s1. The average Bonchev–Trinajstić information content (AvgIpc) is 3.51. The molecule has 40 heavy (non-hydrogen) atoms. The molecule has 0 amide bonds. The van der Waals surface area contributed by atoms with E-state index in [1.807, 2.05) is 6.92 Å². The molecule has 1 aromatic rings. The minimum Gasteiger partial charge on any atom is -0.479 e. The van der Waals surface area contributed by atoms with Crippen LogP contribution in [-0.4, -0.2) is 49.8 Å². The summed E-state index contributed by atoms with van der Waals surface area (Å²) in [6, 6.07) is 3.05. The van der Waals surface area contributed by atoms with E-state index in [1.54, 1.807) is 19.3 Å². The van der Waals surface area contributed by atoms with E-state index in [-0.39, 0.29) is 52.9 Å². The van der Waals surface area contributed by atoms with Gasteiger partial charge in [0.25, 0.3) is 0 Å². The number of fused-ring (bicyclic) bond motifs is 1. The second-order valence-corrected chi connectivity index (χ2v) is 13.1. The summed E-state index contributed by atoms with van der Waals surface area (Å²) in [6.07, 6.45) is 5.71. The van der Waals surface area contributed by atoms with Gasteiger partial charge in [0, 0.05) is 35.2 Å². The normalized spacial score (nSPS) is 38.7. The molecule has 0 unspecified atom stereocenters. The summed E-state index contributed by atoms with van der Waals surface area (Å²) >= 11 is 0. The van der Waals surface area contributed by atoms with Crippen LogP contribution in [-0.2, 0) is 30.3 Å². The van der Waals surface area contributed by atoms with Crippen molar-refractivity contribution < 1.29 is 37.9 Å². The van der Waals surface area contributed by atoms with Gasteiger partial charge >= 0.3 is 13.1 Å². The van der Waals surface area contributed by atoms with Gasteiger partial charge in [-0.2, -0.15) is 0 Å². The summed E-state index contributed by atoms with van der Waals surface area (Å²) in [5.41, 5.74) is -0.828. The van der Waals surface area contributed by atoms with Crippen molar-refractivity contribution in [2.75, 3.05) is 13.7 Å². The van der Waals surface area contributed by atoms with E-state index in [1.165, 1.54) is 6.07 Å². The van der Waals surface area contributed by atoms with Gasteiger partial charge in [0.15, 0.2) is 18.2 Å². The minimum atomic E-state index is -1.36. The molecule has 0 spiro atoms. The van der Waals surface area contributed by atoms with Crippen LogP contribution in [0, 0.1) is 39.8 Å². The highest BCUT2D eigenvalue weighted by Gasteiger charge is 2.68. The van der Waals surface area contributed by atoms with E-state index in [2.05, 4.69) is 27.4 Å². The van der Waals surface area contributed by atoms with Crippen LogP contribution >= 0.6 is 0 Å². The zero-order chi connectivity index (χ0) is 29.0. The van der Waals surface area contributed by atoms with Gasteiger partial charge in [-0.3, -0.25) is 4.79 Å². The van der Waals surface area contributed by atoms with Gasteiger partial charge in [-0.1, -0.05) is 39.8 Å². The molecule has 2 bridgehead atoms. The minimum absolute atomic E-state index is 0.0293. The van der Waals surface area contributed by atoms with Gasteiger partial charge in [-0.05, 0) is 61.5 Å². The highest BCUT2D eigenvalue weighted by molar-refractivity contribution is 6.61. The maximum Gasteiger partial charge on any atom is 0.494 e. The summed E-state index contributed by atoms with van der Waals surface area (Å²) < 4.78 is 38.0. The molecule has 7 nitrogen and oxygen atoms in total. The Bertz CT molecular complexity index is 1190. The maximum absolute atomic E-state index is 15.0. The number of rotatable bonds is 7. The quantitative estimate of drug-likeness (QED) is 0.303. The summed E-state index contributed by atoms with van der Waals surface area (Å²) in [5.74, 6) is -1.18. The van der Waals surface area contributed by atoms with Gasteiger partial charge in [-0.25, -0.2) is 9.18 Å². The van der Waals surface area contributed by atoms with Crippen molar-refractivity contribution in [1.29, 1.82) is 0 Å². The van der Waals surface area contributed by atoms with Crippen LogP contribution in [0.1, 0.15) is 71.8 Å². The molecule has 3 fully saturated rings. The lowest BCUT2D eigenvalue weighted by molar-refractivity contribution is -0.207.